The van der Waals surface area contributed by atoms with E-state index >= 15 is 0 Å². The number of hydrogen-bond donors (Lipinski definition) is 2. The number of hydrogen-bond acceptors (Lipinski definition) is 4. The van der Waals surface area contributed by atoms with Crippen LogP contribution in [0, 0.1) is 0 Å². The molecule has 1 atom stereocenters. The van der Waals surface area contributed by atoms with Gasteiger partial charge in [-0.3, -0.25) is 4.79 Å². The Balaban J connectivity index is 2.96. The molecule has 1 unspecified atom stereocenters. The summed E-state index contributed by atoms with van der Waals surface area (Å²) in [5.74, 6) is -1.76. The van der Waals surface area contributed by atoms with Crippen molar-refractivity contribution in [3.8, 4) is 0 Å². The smallest absolute Gasteiger partial charge is 0.337 e. The molecule has 0 amide bonds. The summed E-state index contributed by atoms with van der Waals surface area (Å²) in [6, 6.07) is 4.46. The van der Waals surface area contributed by atoms with Crippen LogP contribution in [0.15, 0.2) is 18.2 Å². The normalized spacial score (nSPS) is 11.9. The molecule has 0 heterocycles. The second-order valence-electron chi connectivity index (χ2n) is 3.66. The molecule has 0 aliphatic carbocycles. The molecule has 0 aromatic heterocycles. The zero-order valence-corrected chi connectivity index (χ0v) is 10.5. The third-order valence-electron chi connectivity index (χ3n) is 2.46. The summed E-state index contributed by atoms with van der Waals surface area (Å²) in [5.41, 5.74) is 0.749. The van der Waals surface area contributed by atoms with Crippen LogP contribution in [0.1, 0.15) is 23.7 Å². The van der Waals surface area contributed by atoms with Crippen molar-refractivity contribution in [3.63, 3.8) is 0 Å². The molecule has 1 rings (SSSR count). The van der Waals surface area contributed by atoms with E-state index in [2.05, 4.69) is 4.74 Å². The zero-order chi connectivity index (χ0) is 13.7. The van der Waals surface area contributed by atoms with Gasteiger partial charge in [0.15, 0.2) is 6.10 Å². The van der Waals surface area contributed by atoms with Crippen LogP contribution < -0.4 is 0 Å². The van der Waals surface area contributed by atoms with E-state index in [0.29, 0.717) is 10.6 Å². The van der Waals surface area contributed by atoms with Crippen LogP contribution in [0.25, 0.3) is 0 Å². The molecule has 0 saturated heterocycles. The molecule has 0 fully saturated rings. The Morgan fingerprint density at radius 1 is 1.44 bits per heavy atom. The number of carboxylic acids is 1. The fourth-order valence-electron chi connectivity index (χ4n) is 1.53. The highest BCUT2D eigenvalue weighted by Gasteiger charge is 2.20. The van der Waals surface area contributed by atoms with Gasteiger partial charge < -0.3 is 14.9 Å². The Hall–Kier alpha value is -1.59. The number of aliphatic carboxylic acids is 1. The molecule has 0 bridgehead atoms. The predicted octanol–water partition coefficient (Wildman–Crippen LogP) is 1.56. The van der Waals surface area contributed by atoms with Crippen molar-refractivity contribution >= 4 is 23.5 Å². The van der Waals surface area contributed by atoms with Gasteiger partial charge in [-0.25, -0.2) is 4.79 Å². The Labute approximate surface area is 109 Å². The van der Waals surface area contributed by atoms with Crippen molar-refractivity contribution in [1.29, 1.82) is 0 Å². The Kier molecular flexibility index (Phi) is 5.12. The first-order chi connectivity index (χ1) is 8.45. The second kappa shape index (κ2) is 6.37. The minimum Gasteiger partial charge on any atom is -0.479 e. The average Bonchev–Trinajstić information content (AvgIpc) is 2.35. The molecule has 5 nitrogen and oxygen atoms in total. The molecule has 1 aromatic carbocycles. The van der Waals surface area contributed by atoms with Crippen LogP contribution in [-0.4, -0.2) is 29.3 Å². The number of carboxylic acid groups (broad SMARTS) is 1. The predicted molar refractivity (Wildman–Crippen MR) is 64.4 cm³/mol. The van der Waals surface area contributed by atoms with Crippen LogP contribution in [0.5, 0.6) is 0 Å². The number of rotatable bonds is 5. The maximum atomic E-state index is 11.1. The fraction of sp³-hybridized carbons (Fsp3) is 0.333. The number of aryl methyl sites for hydroxylation is 1. The molecular formula is C12H13ClO5. The number of methoxy groups -OCH3 is 1. The van der Waals surface area contributed by atoms with Gasteiger partial charge in [0.1, 0.15) is 0 Å². The van der Waals surface area contributed by atoms with E-state index in [-0.39, 0.29) is 18.4 Å². The van der Waals surface area contributed by atoms with Crippen molar-refractivity contribution in [2.75, 3.05) is 7.11 Å². The number of carbonyl (C=O) groups excluding carboxylic acids is 1. The Bertz CT molecular complexity index is 458. The number of esters is 1. The average molecular weight is 273 g/mol. The van der Waals surface area contributed by atoms with E-state index in [9.17, 15) is 14.7 Å². The Morgan fingerprint density at radius 3 is 2.67 bits per heavy atom. The van der Waals surface area contributed by atoms with E-state index in [1.54, 1.807) is 0 Å². The summed E-state index contributed by atoms with van der Waals surface area (Å²) >= 11 is 5.81. The highest BCUT2D eigenvalue weighted by atomic mass is 35.5. The van der Waals surface area contributed by atoms with Crippen LogP contribution in [0.3, 0.4) is 0 Å². The Morgan fingerprint density at radius 2 is 2.11 bits per heavy atom. The first-order valence-corrected chi connectivity index (χ1v) is 5.59. The van der Waals surface area contributed by atoms with E-state index in [1.165, 1.54) is 25.3 Å². The van der Waals surface area contributed by atoms with Crippen LogP contribution in [-0.2, 0) is 20.7 Å². The number of carbonyl (C=O) groups is 2. The summed E-state index contributed by atoms with van der Waals surface area (Å²) in [6.07, 6.45) is -1.28. The molecule has 6 heteroatoms. The lowest BCUT2D eigenvalue weighted by Crippen LogP contribution is -2.13. The van der Waals surface area contributed by atoms with Crippen molar-refractivity contribution in [2.24, 2.45) is 0 Å². The van der Waals surface area contributed by atoms with Gasteiger partial charge in [0.25, 0.3) is 0 Å². The van der Waals surface area contributed by atoms with Gasteiger partial charge in [0, 0.05) is 11.4 Å². The number of halogens is 1. The topological polar surface area (TPSA) is 83.8 Å². The van der Waals surface area contributed by atoms with E-state index in [4.69, 9.17) is 16.7 Å². The molecule has 18 heavy (non-hydrogen) atoms. The lowest BCUT2D eigenvalue weighted by molar-refractivity contribution is -0.147. The maximum Gasteiger partial charge on any atom is 0.337 e. The van der Waals surface area contributed by atoms with Gasteiger partial charge in [-0.2, -0.15) is 0 Å². The molecule has 0 saturated carbocycles. The van der Waals surface area contributed by atoms with Gasteiger partial charge >= 0.3 is 11.9 Å². The minimum atomic E-state index is -1.63. The molecule has 0 aliphatic heterocycles. The van der Waals surface area contributed by atoms with Crippen LogP contribution in [0.2, 0.25) is 5.02 Å². The summed E-state index contributed by atoms with van der Waals surface area (Å²) in [5, 5.41) is 18.7. The van der Waals surface area contributed by atoms with E-state index in [0.717, 1.165) is 0 Å². The lowest BCUT2D eigenvalue weighted by Gasteiger charge is -2.12. The SMILES string of the molecule is COC(=O)CCc1cc(Cl)ccc1C(O)C(=O)O. The monoisotopic (exact) mass is 272 g/mol. The molecule has 98 valence electrons. The summed E-state index contributed by atoms with van der Waals surface area (Å²) in [7, 11) is 1.27. The molecule has 0 radical (unpaired) electrons. The van der Waals surface area contributed by atoms with E-state index < -0.39 is 18.0 Å². The summed E-state index contributed by atoms with van der Waals surface area (Å²) in [4.78, 5) is 21.8. The first-order valence-electron chi connectivity index (χ1n) is 5.21. The van der Waals surface area contributed by atoms with Crippen molar-refractivity contribution in [2.45, 2.75) is 18.9 Å². The third kappa shape index (κ3) is 3.72. The second-order valence-corrected chi connectivity index (χ2v) is 4.10. The van der Waals surface area contributed by atoms with E-state index in [1.807, 2.05) is 0 Å². The number of aliphatic hydroxyl groups excluding tert-OH is 1. The lowest BCUT2D eigenvalue weighted by atomic mass is 9.98. The first kappa shape index (κ1) is 14.5. The standard InChI is InChI=1S/C12H13ClO5/c1-18-10(14)5-2-7-6-8(13)3-4-9(7)11(15)12(16)17/h3-4,6,11,15H,2,5H2,1H3,(H,16,17). The summed E-state index contributed by atoms with van der Waals surface area (Å²) < 4.78 is 4.50. The maximum absolute atomic E-state index is 11.1. The molecule has 0 spiro atoms. The largest absolute Gasteiger partial charge is 0.479 e. The number of benzene rings is 1. The van der Waals surface area contributed by atoms with Crippen LogP contribution in [0.4, 0.5) is 0 Å². The van der Waals surface area contributed by atoms with Crippen LogP contribution >= 0.6 is 11.6 Å². The fourth-order valence-corrected chi connectivity index (χ4v) is 1.72. The third-order valence-corrected chi connectivity index (χ3v) is 2.69. The van der Waals surface area contributed by atoms with Crippen molar-refractivity contribution in [3.05, 3.63) is 34.3 Å². The minimum absolute atomic E-state index is 0.0934. The number of aliphatic hydroxyl groups is 1. The van der Waals surface area contributed by atoms with Gasteiger partial charge in [-0.1, -0.05) is 17.7 Å². The van der Waals surface area contributed by atoms with Crippen molar-refractivity contribution in [1.82, 2.24) is 0 Å². The number of ether oxygens (including phenoxy) is 1. The van der Waals surface area contributed by atoms with Gasteiger partial charge in [0.2, 0.25) is 0 Å². The highest BCUT2D eigenvalue weighted by Crippen LogP contribution is 2.23. The summed E-state index contributed by atoms with van der Waals surface area (Å²) in [6.45, 7) is 0. The quantitative estimate of drug-likeness (QED) is 0.795. The zero-order valence-electron chi connectivity index (χ0n) is 9.72. The molecule has 1 aromatic rings. The molecule has 2 N–H and O–H groups in total. The highest BCUT2D eigenvalue weighted by molar-refractivity contribution is 6.30. The molecular weight excluding hydrogens is 260 g/mol. The van der Waals surface area contributed by atoms with Gasteiger partial charge in [-0.15, -0.1) is 0 Å². The van der Waals surface area contributed by atoms with Gasteiger partial charge in [-0.05, 0) is 29.7 Å². The van der Waals surface area contributed by atoms with Gasteiger partial charge in [0.05, 0.1) is 7.11 Å². The molecule has 0 aliphatic rings. The van der Waals surface area contributed by atoms with Crippen molar-refractivity contribution < 1.29 is 24.5 Å².